The maximum absolute atomic E-state index is 6.19. The molecule has 0 aliphatic carbocycles. The zero-order valence-corrected chi connectivity index (χ0v) is 19.8. The second-order valence-corrected chi connectivity index (χ2v) is 8.81. The van der Waals surface area contributed by atoms with Gasteiger partial charge in [-0.25, -0.2) is 0 Å². The smallest absolute Gasteiger partial charge is 0.154 e. The molecule has 1 aromatic heterocycles. The first-order valence-corrected chi connectivity index (χ1v) is 12.6. The van der Waals surface area contributed by atoms with Crippen LogP contribution in [0.2, 0.25) is 0 Å². The molecule has 1 saturated heterocycles. The summed E-state index contributed by atoms with van der Waals surface area (Å²) in [5.41, 5.74) is 8.81. The number of fused-ring (bicyclic) bond motifs is 1. The second-order valence-electron chi connectivity index (χ2n) is 7.93. The first-order valence-electron chi connectivity index (χ1n) is 11.3. The van der Waals surface area contributed by atoms with Gasteiger partial charge in [-0.05, 0) is 55.9 Å². The Balaban J connectivity index is 0.000000376. The number of hydrogen-bond donors (Lipinski definition) is 2. The van der Waals surface area contributed by atoms with E-state index in [-0.39, 0.29) is 0 Å². The SMILES string of the molecule is C1CCNCC1.CSc1ccc(-c2nnc(N)c3ccccc23)c(OCc2ccccc2)c1. The van der Waals surface area contributed by atoms with Gasteiger partial charge in [0, 0.05) is 21.2 Å². The minimum atomic E-state index is 0.432. The molecule has 0 unspecified atom stereocenters. The maximum atomic E-state index is 6.19. The van der Waals surface area contributed by atoms with Gasteiger partial charge in [0.2, 0.25) is 0 Å². The monoisotopic (exact) mass is 458 g/mol. The van der Waals surface area contributed by atoms with E-state index in [0.29, 0.717) is 12.4 Å². The maximum Gasteiger partial charge on any atom is 0.154 e. The highest BCUT2D eigenvalue weighted by Gasteiger charge is 2.15. The van der Waals surface area contributed by atoms with Crippen LogP contribution in [-0.2, 0) is 6.61 Å². The third-order valence-corrected chi connectivity index (χ3v) is 6.33. The molecule has 0 saturated carbocycles. The molecule has 5 rings (SSSR count). The summed E-state index contributed by atoms with van der Waals surface area (Å²) in [6.45, 7) is 2.99. The van der Waals surface area contributed by atoms with Crippen molar-refractivity contribution in [1.82, 2.24) is 15.5 Å². The Hall–Kier alpha value is -3.09. The molecular weight excluding hydrogens is 428 g/mol. The number of thioether (sulfide) groups is 1. The zero-order chi connectivity index (χ0) is 22.9. The Bertz CT molecular complexity index is 1170. The Labute approximate surface area is 199 Å². The van der Waals surface area contributed by atoms with Crippen molar-refractivity contribution in [1.29, 1.82) is 0 Å². The lowest BCUT2D eigenvalue weighted by atomic mass is 10.0. The lowest BCUT2D eigenvalue weighted by molar-refractivity contribution is 0.307. The van der Waals surface area contributed by atoms with Crippen molar-refractivity contribution in [2.45, 2.75) is 30.8 Å². The van der Waals surface area contributed by atoms with Crippen LogP contribution in [0.15, 0.2) is 77.7 Å². The van der Waals surface area contributed by atoms with E-state index in [1.165, 1.54) is 32.4 Å². The third-order valence-electron chi connectivity index (χ3n) is 5.60. The van der Waals surface area contributed by atoms with E-state index < -0.39 is 0 Å². The normalized spacial score (nSPS) is 13.2. The summed E-state index contributed by atoms with van der Waals surface area (Å²) in [7, 11) is 0. The van der Waals surface area contributed by atoms with Crippen LogP contribution >= 0.6 is 11.8 Å². The highest BCUT2D eigenvalue weighted by Crippen LogP contribution is 2.37. The molecule has 5 nitrogen and oxygen atoms in total. The highest BCUT2D eigenvalue weighted by molar-refractivity contribution is 7.98. The number of anilines is 1. The standard InChI is InChI=1S/C22H19N3OS.C5H11N/c1-27-16-11-12-19(20(13-16)26-14-15-7-3-2-4-8-15)21-17-9-5-6-10-18(17)22(23)25-24-21;1-2-4-6-5-3-1/h2-13H,14H2,1H3,(H2,23,25);6H,1-5H2. The van der Waals surface area contributed by atoms with Crippen LogP contribution in [0.4, 0.5) is 5.82 Å². The van der Waals surface area contributed by atoms with E-state index in [0.717, 1.165) is 38.2 Å². The molecule has 0 radical (unpaired) electrons. The molecule has 3 N–H and O–H groups in total. The average Bonchev–Trinajstić information content (AvgIpc) is 2.90. The summed E-state index contributed by atoms with van der Waals surface area (Å²) in [5.74, 6) is 1.22. The van der Waals surface area contributed by atoms with Crippen molar-refractivity contribution >= 4 is 28.4 Å². The number of rotatable bonds is 5. The van der Waals surface area contributed by atoms with Gasteiger partial charge in [-0.2, -0.15) is 0 Å². The Morgan fingerprint density at radius 3 is 2.27 bits per heavy atom. The van der Waals surface area contributed by atoms with Gasteiger partial charge in [0.15, 0.2) is 5.82 Å². The van der Waals surface area contributed by atoms with Crippen molar-refractivity contribution < 1.29 is 4.74 Å². The fourth-order valence-corrected chi connectivity index (χ4v) is 4.23. The van der Waals surface area contributed by atoms with Crippen LogP contribution in [0.25, 0.3) is 22.0 Å². The molecule has 0 atom stereocenters. The van der Waals surface area contributed by atoms with Crippen molar-refractivity contribution in [3.63, 3.8) is 0 Å². The van der Waals surface area contributed by atoms with Crippen LogP contribution in [0.3, 0.4) is 0 Å². The first-order chi connectivity index (χ1) is 16.3. The van der Waals surface area contributed by atoms with Crippen molar-refractivity contribution in [2.75, 3.05) is 25.1 Å². The molecule has 6 heteroatoms. The molecular formula is C27H30N4OS. The summed E-state index contributed by atoms with van der Waals surface area (Å²) in [5, 5.41) is 13.7. The largest absolute Gasteiger partial charge is 0.488 e. The second kappa shape index (κ2) is 11.7. The van der Waals surface area contributed by atoms with Gasteiger partial charge in [-0.15, -0.1) is 22.0 Å². The first kappa shape index (κ1) is 23.1. The van der Waals surface area contributed by atoms with Crippen LogP contribution in [0, 0.1) is 0 Å². The number of piperidine rings is 1. The highest BCUT2D eigenvalue weighted by atomic mass is 32.2. The summed E-state index contributed by atoms with van der Waals surface area (Å²) in [6.07, 6.45) is 6.27. The molecule has 1 aliphatic rings. The molecule has 4 aromatic rings. The molecule has 0 amide bonds. The van der Waals surface area contributed by atoms with E-state index in [1.54, 1.807) is 11.8 Å². The minimum Gasteiger partial charge on any atom is -0.488 e. The predicted molar refractivity (Wildman–Crippen MR) is 139 cm³/mol. The van der Waals surface area contributed by atoms with Gasteiger partial charge >= 0.3 is 0 Å². The Morgan fingerprint density at radius 1 is 0.879 bits per heavy atom. The van der Waals surface area contributed by atoms with Gasteiger partial charge in [0.25, 0.3) is 0 Å². The molecule has 33 heavy (non-hydrogen) atoms. The van der Waals surface area contributed by atoms with Crippen LogP contribution in [0.1, 0.15) is 24.8 Å². The van der Waals surface area contributed by atoms with E-state index in [4.69, 9.17) is 10.5 Å². The summed E-state index contributed by atoms with van der Waals surface area (Å²) >= 11 is 1.68. The molecule has 1 aliphatic heterocycles. The number of nitrogens with two attached hydrogens (primary N) is 1. The van der Waals surface area contributed by atoms with E-state index >= 15 is 0 Å². The minimum absolute atomic E-state index is 0.432. The fourth-order valence-electron chi connectivity index (χ4n) is 3.81. The zero-order valence-electron chi connectivity index (χ0n) is 19.0. The average molecular weight is 459 g/mol. The Morgan fingerprint density at radius 2 is 1.61 bits per heavy atom. The summed E-state index contributed by atoms with van der Waals surface area (Å²) in [6, 6.07) is 24.2. The number of ether oxygens (including phenoxy) is 1. The lowest BCUT2D eigenvalue weighted by Crippen LogP contribution is -2.21. The molecule has 1 fully saturated rings. The van der Waals surface area contributed by atoms with Crippen molar-refractivity contribution in [2.24, 2.45) is 0 Å². The van der Waals surface area contributed by atoms with Gasteiger partial charge < -0.3 is 15.8 Å². The van der Waals surface area contributed by atoms with Gasteiger partial charge in [-0.1, -0.05) is 61.0 Å². The van der Waals surface area contributed by atoms with Gasteiger partial charge in [-0.3, -0.25) is 0 Å². The topological polar surface area (TPSA) is 73.1 Å². The number of aromatic nitrogens is 2. The molecule has 170 valence electrons. The molecule has 0 spiro atoms. The molecule has 3 aromatic carbocycles. The van der Waals surface area contributed by atoms with Crippen LogP contribution in [-0.4, -0.2) is 29.5 Å². The number of benzene rings is 3. The lowest BCUT2D eigenvalue weighted by Gasteiger charge is -2.14. The van der Waals surface area contributed by atoms with Crippen molar-refractivity contribution in [3.8, 4) is 17.0 Å². The van der Waals surface area contributed by atoms with Crippen LogP contribution in [0.5, 0.6) is 5.75 Å². The summed E-state index contributed by atoms with van der Waals surface area (Å²) in [4.78, 5) is 1.13. The van der Waals surface area contributed by atoms with Gasteiger partial charge in [0.05, 0.1) is 0 Å². The van der Waals surface area contributed by atoms with E-state index in [9.17, 15) is 0 Å². The number of nitrogen functional groups attached to an aromatic ring is 1. The number of hydrogen-bond acceptors (Lipinski definition) is 6. The van der Waals surface area contributed by atoms with E-state index in [2.05, 4.69) is 46.0 Å². The van der Waals surface area contributed by atoms with Crippen LogP contribution < -0.4 is 15.8 Å². The number of nitrogens with zero attached hydrogens (tertiary/aromatic N) is 2. The quantitative estimate of drug-likeness (QED) is 0.361. The fraction of sp³-hybridized carbons (Fsp3) is 0.259. The predicted octanol–water partition coefficient (Wildman–Crippen LogP) is 5.94. The molecule has 0 bridgehead atoms. The van der Waals surface area contributed by atoms with E-state index in [1.807, 2.05) is 48.5 Å². The Kier molecular flexibility index (Phi) is 8.17. The van der Waals surface area contributed by atoms with Crippen molar-refractivity contribution in [3.05, 3.63) is 78.4 Å². The number of nitrogens with one attached hydrogen (secondary N) is 1. The third kappa shape index (κ3) is 6.03. The van der Waals surface area contributed by atoms with Gasteiger partial charge in [0.1, 0.15) is 18.1 Å². The summed E-state index contributed by atoms with van der Waals surface area (Å²) < 4.78 is 6.19. The molecule has 2 heterocycles.